The van der Waals surface area contributed by atoms with Gasteiger partial charge >= 0.3 is 0 Å². The molecule has 6 heteroatoms. The molecule has 2 amide bonds. The highest BCUT2D eigenvalue weighted by Crippen LogP contribution is 2.31. The Kier molecular flexibility index (Phi) is 6.14. The Bertz CT molecular complexity index is 618. The number of piperazine rings is 1. The Labute approximate surface area is 155 Å². The number of likely N-dealkylation sites (N-methyl/N-ethyl adjacent to an activating group) is 1. The number of hydrogen-bond acceptors (Lipinski definition) is 4. The van der Waals surface area contributed by atoms with Crippen LogP contribution < -0.4 is 10.1 Å². The van der Waals surface area contributed by atoms with Crippen LogP contribution in [-0.4, -0.2) is 68.0 Å². The van der Waals surface area contributed by atoms with Crippen molar-refractivity contribution < 1.29 is 14.3 Å². The van der Waals surface area contributed by atoms with Gasteiger partial charge in [0.15, 0.2) is 0 Å². The highest BCUT2D eigenvalue weighted by molar-refractivity contribution is 5.94. The average molecular weight is 359 g/mol. The van der Waals surface area contributed by atoms with Crippen molar-refractivity contribution in [3.63, 3.8) is 0 Å². The normalized spacial score (nSPS) is 20.0. The number of carbonyl (C=O) groups excluding carboxylic acids is 2. The molecule has 1 aromatic carbocycles. The summed E-state index contributed by atoms with van der Waals surface area (Å²) in [5.41, 5.74) is 0.679. The van der Waals surface area contributed by atoms with Gasteiger partial charge < -0.3 is 15.0 Å². The number of rotatable bonds is 5. The van der Waals surface area contributed by atoms with Gasteiger partial charge in [0.05, 0.1) is 13.2 Å². The first-order chi connectivity index (χ1) is 12.6. The molecule has 1 heterocycles. The lowest BCUT2D eigenvalue weighted by Crippen LogP contribution is -2.57. The Hall–Kier alpha value is -2.08. The van der Waals surface area contributed by atoms with Gasteiger partial charge in [0, 0.05) is 38.8 Å². The first kappa shape index (κ1) is 18.7. The summed E-state index contributed by atoms with van der Waals surface area (Å²) in [6.45, 7) is 2.81. The Morgan fingerprint density at radius 2 is 1.69 bits per heavy atom. The van der Waals surface area contributed by atoms with Gasteiger partial charge in [-0.1, -0.05) is 12.8 Å². The second-order valence-corrected chi connectivity index (χ2v) is 7.16. The minimum absolute atomic E-state index is 0.0460. The van der Waals surface area contributed by atoms with Crippen molar-refractivity contribution in [2.45, 2.75) is 31.7 Å². The van der Waals surface area contributed by atoms with E-state index in [1.807, 2.05) is 17.0 Å². The van der Waals surface area contributed by atoms with E-state index >= 15 is 0 Å². The van der Waals surface area contributed by atoms with Crippen LogP contribution in [0.4, 0.5) is 0 Å². The van der Waals surface area contributed by atoms with Gasteiger partial charge in [-0.2, -0.15) is 0 Å². The number of nitrogens with one attached hydrogen (secondary N) is 1. The third-order valence-electron chi connectivity index (χ3n) is 5.69. The number of nitrogens with zero attached hydrogens (tertiary/aromatic N) is 2. The van der Waals surface area contributed by atoms with Crippen LogP contribution in [0.1, 0.15) is 36.0 Å². The molecule has 0 spiro atoms. The minimum Gasteiger partial charge on any atom is -0.497 e. The van der Waals surface area contributed by atoms with E-state index in [1.165, 1.54) is 12.8 Å². The first-order valence-electron chi connectivity index (χ1n) is 9.53. The molecule has 0 bridgehead atoms. The summed E-state index contributed by atoms with van der Waals surface area (Å²) in [4.78, 5) is 29.3. The third-order valence-corrected chi connectivity index (χ3v) is 5.69. The summed E-state index contributed by atoms with van der Waals surface area (Å²) in [7, 11) is 3.33. The fourth-order valence-corrected chi connectivity index (χ4v) is 4.22. The van der Waals surface area contributed by atoms with Gasteiger partial charge in [0.1, 0.15) is 5.75 Å². The van der Waals surface area contributed by atoms with E-state index in [4.69, 9.17) is 4.74 Å². The molecule has 3 rings (SSSR count). The second-order valence-electron chi connectivity index (χ2n) is 7.16. The van der Waals surface area contributed by atoms with Crippen molar-refractivity contribution in [3.05, 3.63) is 29.8 Å². The predicted octanol–water partition coefficient (Wildman–Crippen LogP) is 1.76. The van der Waals surface area contributed by atoms with Gasteiger partial charge in [0.25, 0.3) is 5.91 Å². The first-order valence-corrected chi connectivity index (χ1v) is 9.53. The van der Waals surface area contributed by atoms with Crippen molar-refractivity contribution in [2.24, 2.45) is 5.92 Å². The summed E-state index contributed by atoms with van der Waals surface area (Å²) >= 11 is 0. The molecule has 0 radical (unpaired) electrons. The van der Waals surface area contributed by atoms with Crippen LogP contribution in [0.25, 0.3) is 0 Å². The zero-order valence-corrected chi connectivity index (χ0v) is 15.7. The lowest BCUT2D eigenvalue weighted by Gasteiger charge is -2.40. The van der Waals surface area contributed by atoms with Gasteiger partial charge in [-0.25, -0.2) is 0 Å². The SMILES string of the molecule is CNC(=O)C(C1CCCC1)N1CCN(C(=O)c2ccc(OC)cc2)CC1. The zero-order valence-electron chi connectivity index (χ0n) is 15.7. The molecule has 0 aromatic heterocycles. The summed E-state index contributed by atoms with van der Waals surface area (Å²) in [5.74, 6) is 1.35. The largest absolute Gasteiger partial charge is 0.497 e. The summed E-state index contributed by atoms with van der Waals surface area (Å²) in [6, 6.07) is 7.18. The van der Waals surface area contributed by atoms with E-state index in [0.29, 0.717) is 24.6 Å². The Morgan fingerprint density at radius 1 is 1.08 bits per heavy atom. The van der Waals surface area contributed by atoms with E-state index in [-0.39, 0.29) is 17.9 Å². The molecule has 1 saturated heterocycles. The highest BCUT2D eigenvalue weighted by atomic mass is 16.5. The second kappa shape index (κ2) is 8.54. The lowest BCUT2D eigenvalue weighted by atomic mass is 9.95. The number of amides is 2. The summed E-state index contributed by atoms with van der Waals surface area (Å²) in [6.07, 6.45) is 4.69. The average Bonchev–Trinajstić information content (AvgIpc) is 3.22. The number of carbonyl (C=O) groups is 2. The standard InChI is InChI=1S/C20H29N3O3/c1-21-19(24)18(15-5-3-4-6-15)22-11-13-23(14-12-22)20(25)16-7-9-17(26-2)10-8-16/h7-10,15,18H,3-6,11-14H2,1-2H3,(H,21,24). The molecule has 1 aromatic rings. The molecule has 1 atom stereocenters. The maximum absolute atomic E-state index is 12.7. The monoisotopic (exact) mass is 359 g/mol. The van der Waals surface area contributed by atoms with E-state index in [2.05, 4.69) is 10.2 Å². The van der Waals surface area contributed by atoms with Crippen LogP contribution >= 0.6 is 0 Å². The third kappa shape index (κ3) is 4.01. The molecule has 26 heavy (non-hydrogen) atoms. The Balaban J connectivity index is 1.61. The Morgan fingerprint density at radius 3 is 2.23 bits per heavy atom. The molecule has 1 aliphatic heterocycles. The van der Waals surface area contributed by atoms with Crippen molar-refractivity contribution >= 4 is 11.8 Å². The number of methoxy groups -OCH3 is 1. The zero-order chi connectivity index (χ0) is 18.5. The van der Waals surface area contributed by atoms with E-state index in [0.717, 1.165) is 31.7 Å². The quantitative estimate of drug-likeness (QED) is 0.870. The predicted molar refractivity (Wildman–Crippen MR) is 100 cm³/mol. The summed E-state index contributed by atoms with van der Waals surface area (Å²) in [5, 5.41) is 2.84. The molecule has 2 aliphatic rings. The number of hydrogen-bond donors (Lipinski definition) is 1. The highest BCUT2D eigenvalue weighted by Gasteiger charge is 2.36. The maximum Gasteiger partial charge on any atom is 0.253 e. The lowest BCUT2D eigenvalue weighted by molar-refractivity contribution is -0.128. The fourth-order valence-electron chi connectivity index (χ4n) is 4.22. The fraction of sp³-hybridized carbons (Fsp3) is 0.600. The van der Waals surface area contributed by atoms with Crippen molar-refractivity contribution in [3.8, 4) is 5.75 Å². The van der Waals surface area contributed by atoms with Crippen molar-refractivity contribution in [1.82, 2.24) is 15.1 Å². The van der Waals surface area contributed by atoms with Crippen LogP contribution in [0.3, 0.4) is 0 Å². The number of ether oxygens (including phenoxy) is 1. The van der Waals surface area contributed by atoms with Gasteiger partial charge in [-0.15, -0.1) is 0 Å². The molecule has 1 N–H and O–H groups in total. The molecule has 2 fully saturated rings. The van der Waals surface area contributed by atoms with Crippen LogP contribution in [-0.2, 0) is 4.79 Å². The summed E-state index contributed by atoms with van der Waals surface area (Å²) < 4.78 is 5.15. The smallest absolute Gasteiger partial charge is 0.253 e. The van der Waals surface area contributed by atoms with E-state index in [1.54, 1.807) is 26.3 Å². The molecule has 1 saturated carbocycles. The molecular weight excluding hydrogens is 330 g/mol. The van der Waals surface area contributed by atoms with Crippen molar-refractivity contribution in [1.29, 1.82) is 0 Å². The molecule has 6 nitrogen and oxygen atoms in total. The van der Waals surface area contributed by atoms with E-state index < -0.39 is 0 Å². The number of benzene rings is 1. The topological polar surface area (TPSA) is 61.9 Å². The van der Waals surface area contributed by atoms with Crippen molar-refractivity contribution in [2.75, 3.05) is 40.3 Å². The molecule has 142 valence electrons. The van der Waals surface area contributed by atoms with Crippen LogP contribution in [0.5, 0.6) is 5.75 Å². The van der Waals surface area contributed by atoms with Gasteiger partial charge in [0.2, 0.25) is 5.91 Å². The molecule has 1 unspecified atom stereocenters. The van der Waals surface area contributed by atoms with Crippen LogP contribution in [0.2, 0.25) is 0 Å². The van der Waals surface area contributed by atoms with Gasteiger partial charge in [-0.05, 0) is 43.0 Å². The minimum atomic E-state index is -0.0549. The van der Waals surface area contributed by atoms with Crippen LogP contribution in [0.15, 0.2) is 24.3 Å². The molecular formula is C20H29N3O3. The maximum atomic E-state index is 12.7. The van der Waals surface area contributed by atoms with Crippen LogP contribution in [0, 0.1) is 5.92 Å². The van der Waals surface area contributed by atoms with E-state index in [9.17, 15) is 9.59 Å². The van der Waals surface area contributed by atoms with Gasteiger partial charge in [-0.3, -0.25) is 14.5 Å². The molecule has 1 aliphatic carbocycles.